The van der Waals surface area contributed by atoms with Crippen LogP contribution in [0.5, 0.6) is 0 Å². The molecule has 0 spiro atoms. The van der Waals surface area contributed by atoms with Crippen LogP contribution in [0.1, 0.15) is 59.9 Å². The molecule has 21 nitrogen and oxygen atoms in total. The molecule has 60 heavy (non-hydrogen) atoms. The van der Waals surface area contributed by atoms with E-state index in [0.29, 0.717) is 23.3 Å². The molecule has 2 aliphatic rings. The van der Waals surface area contributed by atoms with Crippen LogP contribution in [0.4, 0.5) is 4.79 Å². The Morgan fingerprint density at radius 1 is 0.767 bits per heavy atom. The van der Waals surface area contributed by atoms with Gasteiger partial charge in [-0.15, -0.1) is 0 Å². The minimum Gasteiger partial charge on any atom is -0.479 e. The molecule has 1 unspecified atom stereocenters. The number of nitrogens with one attached hydrogen (secondary N) is 5. The third-order valence-electron chi connectivity index (χ3n) is 8.30. The number of carboxylic acid groups (broad SMARTS) is 1. The second-order valence-electron chi connectivity index (χ2n) is 15.9. The van der Waals surface area contributed by atoms with E-state index in [2.05, 4.69) is 26.6 Å². The molecule has 8 amide bonds. The Hall–Kier alpha value is -6.38. The molecular weight excluding hydrogens is 790 g/mol. The first kappa shape index (κ1) is 48.0. The number of nitrogens with zero attached hydrogens (tertiary/aromatic N) is 2. The monoisotopic (exact) mass is 843 g/mol. The van der Waals surface area contributed by atoms with Crippen molar-refractivity contribution in [2.24, 2.45) is 5.92 Å². The van der Waals surface area contributed by atoms with E-state index in [0.717, 1.165) is 17.1 Å². The van der Waals surface area contributed by atoms with Crippen molar-refractivity contribution in [2.45, 2.75) is 90.2 Å². The quantitative estimate of drug-likeness (QED) is 0.0487. The van der Waals surface area contributed by atoms with E-state index in [1.165, 1.54) is 0 Å². The SMILES string of the molecule is CC(C)(C)OC(=O)CN(C[C@@H](C(=O)NCC(=O)NCC(=O)N[C@@H](Cc1ccccc1)C(=O)NCC(=O)NCOC(C(=O)O)C1CC1)N1C(=O)C=CC1=O)C(=O)OC(C)(C)C. The van der Waals surface area contributed by atoms with Gasteiger partial charge in [0.05, 0.1) is 26.2 Å². The van der Waals surface area contributed by atoms with Crippen LogP contribution in [0.15, 0.2) is 42.5 Å². The molecule has 6 N–H and O–H groups in total. The predicted molar refractivity (Wildman–Crippen MR) is 208 cm³/mol. The van der Waals surface area contributed by atoms with Gasteiger partial charge in [0.1, 0.15) is 36.6 Å². The Morgan fingerprint density at radius 2 is 1.32 bits per heavy atom. The Morgan fingerprint density at radius 3 is 1.87 bits per heavy atom. The summed E-state index contributed by atoms with van der Waals surface area (Å²) in [6, 6.07) is 5.62. The summed E-state index contributed by atoms with van der Waals surface area (Å²) in [5.41, 5.74) is -1.34. The van der Waals surface area contributed by atoms with Gasteiger partial charge < -0.3 is 45.9 Å². The van der Waals surface area contributed by atoms with Crippen LogP contribution < -0.4 is 26.6 Å². The minimum atomic E-state index is -1.75. The maximum Gasteiger partial charge on any atom is 0.410 e. The molecule has 1 fully saturated rings. The summed E-state index contributed by atoms with van der Waals surface area (Å²) >= 11 is 0. The third-order valence-corrected chi connectivity index (χ3v) is 8.30. The number of aliphatic carboxylic acids is 1. The number of esters is 1. The molecule has 0 aromatic heterocycles. The number of hydrogen-bond acceptors (Lipinski definition) is 13. The zero-order valence-corrected chi connectivity index (χ0v) is 34.4. The lowest BCUT2D eigenvalue weighted by atomic mass is 10.1. The number of rotatable bonds is 21. The van der Waals surface area contributed by atoms with Crippen molar-refractivity contribution in [1.29, 1.82) is 0 Å². The van der Waals surface area contributed by atoms with E-state index in [1.807, 2.05) is 0 Å². The first-order valence-corrected chi connectivity index (χ1v) is 19.0. The topological polar surface area (TPSA) is 285 Å². The zero-order chi connectivity index (χ0) is 44.8. The Balaban J connectivity index is 1.61. The zero-order valence-electron chi connectivity index (χ0n) is 34.4. The van der Waals surface area contributed by atoms with E-state index in [9.17, 15) is 53.1 Å². The van der Waals surface area contributed by atoms with Crippen LogP contribution in [0.3, 0.4) is 0 Å². The Labute approximate surface area is 346 Å². The minimum absolute atomic E-state index is 0.00669. The molecule has 0 saturated heterocycles. The summed E-state index contributed by atoms with van der Waals surface area (Å²) in [4.78, 5) is 129. The molecule has 0 bridgehead atoms. The van der Waals surface area contributed by atoms with Crippen molar-refractivity contribution in [2.75, 3.05) is 39.5 Å². The standard InChI is InChI=1S/C39H53N7O14/c1-38(2,3)59-32(52)21-45(37(57)60-39(4,5)6)20-26(46-30(50)14-15-31(46)51)35(54)42-17-27(47)40-19-29(49)44-25(16-23-10-8-7-9-11-23)34(53)41-18-28(48)43-22-58-33(36(55)56)24-12-13-24/h7-11,14-15,24-26,33H,12-13,16-22H2,1-6H3,(H,40,47)(H,41,53)(H,42,54)(H,43,48)(H,44,49)(H,55,56)/t25-,26-,33?/m0/s1. The number of benzene rings is 1. The summed E-state index contributed by atoms with van der Waals surface area (Å²) < 4.78 is 15.9. The first-order chi connectivity index (χ1) is 28.0. The van der Waals surface area contributed by atoms with Crippen LogP contribution in [-0.4, -0.2) is 143 Å². The fraction of sp³-hybridized carbons (Fsp3) is 0.538. The molecule has 21 heteroatoms. The van der Waals surface area contributed by atoms with Crippen LogP contribution in [0, 0.1) is 5.92 Å². The summed E-state index contributed by atoms with van der Waals surface area (Å²) in [6.07, 6.45) is 1.10. The van der Waals surface area contributed by atoms with E-state index in [-0.39, 0.29) is 12.3 Å². The molecule has 3 rings (SSSR count). The highest BCUT2D eigenvalue weighted by Gasteiger charge is 2.40. The van der Waals surface area contributed by atoms with Crippen molar-refractivity contribution in [3.63, 3.8) is 0 Å². The van der Waals surface area contributed by atoms with E-state index >= 15 is 0 Å². The van der Waals surface area contributed by atoms with Gasteiger partial charge in [-0.3, -0.25) is 48.2 Å². The lowest BCUT2D eigenvalue weighted by Crippen LogP contribution is -2.57. The fourth-order valence-corrected chi connectivity index (χ4v) is 5.47. The molecule has 0 radical (unpaired) electrons. The molecule has 1 saturated carbocycles. The molecule has 1 heterocycles. The lowest BCUT2D eigenvalue weighted by Gasteiger charge is -2.32. The van der Waals surface area contributed by atoms with E-state index in [1.54, 1.807) is 71.9 Å². The predicted octanol–water partition coefficient (Wildman–Crippen LogP) is -1.11. The van der Waals surface area contributed by atoms with Crippen molar-refractivity contribution in [3.8, 4) is 0 Å². The number of ether oxygens (including phenoxy) is 3. The molecule has 1 aromatic rings. The highest BCUT2D eigenvalue weighted by atomic mass is 16.6. The smallest absolute Gasteiger partial charge is 0.410 e. The molecule has 1 aromatic carbocycles. The maximum absolute atomic E-state index is 13.5. The number of carbonyl (C=O) groups is 10. The molecule has 1 aliphatic carbocycles. The van der Waals surface area contributed by atoms with Gasteiger partial charge in [-0.1, -0.05) is 30.3 Å². The number of carboxylic acids is 1. The van der Waals surface area contributed by atoms with Crippen molar-refractivity contribution in [1.82, 2.24) is 36.4 Å². The summed E-state index contributed by atoms with van der Waals surface area (Å²) in [5, 5.41) is 21.1. The van der Waals surface area contributed by atoms with Gasteiger partial charge >= 0.3 is 18.0 Å². The Bertz CT molecular complexity index is 1800. The average molecular weight is 844 g/mol. The maximum atomic E-state index is 13.5. The van der Waals surface area contributed by atoms with Gasteiger partial charge in [0, 0.05) is 18.6 Å². The van der Waals surface area contributed by atoms with Crippen LogP contribution in [0.25, 0.3) is 0 Å². The van der Waals surface area contributed by atoms with Gasteiger partial charge in [0.25, 0.3) is 11.8 Å². The first-order valence-electron chi connectivity index (χ1n) is 19.0. The average Bonchev–Trinajstić information content (AvgIpc) is 3.93. The van der Waals surface area contributed by atoms with Crippen LogP contribution in [0.2, 0.25) is 0 Å². The van der Waals surface area contributed by atoms with Gasteiger partial charge in [-0.2, -0.15) is 0 Å². The largest absolute Gasteiger partial charge is 0.479 e. The summed E-state index contributed by atoms with van der Waals surface area (Å²) in [5.74, 6) is -8.17. The number of hydrogen-bond donors (Lipinski definition) is 6. The molecule has 3 atom stereocenters. The summed E-state index contributed by atoms with van der Waals surface area (Å²) in [6.45, 7) is 5.66. The summed E-state index contributed by atoms with van der Waals surface area (Å²) in [7, 11) is 0. The second-order valence-corrected chi connectivity index (χ2v) is 15.9. The van der Waals surface area contributed by atoms with Crippen LogP contribution >= 0.6 is 0 Å². The van der Waals surface area contributed by atoms with Gasteiger partial charge in [-0.25, -0.2) is 9.59 Å². The van der Waals surface area contributed by atoms with Gasteiger partial charge in [0.15, 0.2) is 6.10 Å². The van der Waals surface area contributed by atoms with Crippen molar-refractivity contribution < 1.29 is 67.3 Å². The van der Waals surface area contributed by atoms with Gasteiger partial charge in [-0.05, 0) is 65.9 Å². The molecule has 328 valence electrons. The number of amides is 8. The second kappa shape index (κ2) is 21.6. The van der Waals surface area contributed by atoms with Crippen LogP contribution in [-0.2, 0) is 63.8 Å². The number of imide groups is 1. The lowest BCUT2D eigenvalue weighted by molar-refractivity contribution is -0.156. The van der Waals surface area contributed by atoms with Gasteiger partial charge in [0.2, 0.25) is 29.5 Å². The third kappa shape index (κ3) is 16.8. The normalized spacial score (nSPS) is 15.2. The van der Waals surface area contributed by atoms with E-state index < -0.39 is 128 Å². The molecule has 1 aliphatic heterocycles. The highest BCUT2D eigenvalue weighted by Crippen LogP contribution is 2.34. The fourth-order valence-electron chi connectivity index (χ4n) is 5.47. The van der Waals surface area contributed by atoms with E-state index in [4.69, 9.17) is 14.2 Å². The van der Waals surface area contributed by atoms with Crippen molar-refractivity contribution >= 4 is 59.4 Å². The highest BCUT2D eigenvalue weighted by molar-refractivity contribution is 6.15. The van der Waals surface area contributed by atoms with Crippen molar-refractivity contribution in [3.05, 3.63) is 48.0 Å². The Kier molecular flexibility index (Phi) is 17.3. The number of carbonyl (C=O) groups excluding carboxylic acids is 9. The molecular formula is C39H53N7O14.